The summed E-state index contributed by atoms with van der Waals surface area (Å²) in [5.41, 5.74) is 0. The molecule has 1 unspecified atom stereocenters. The van der Waals surface area contributed by atoms with Crippen LogP contribution in [0.5, 0.6) is 5.75 Å². The van der Waals surface area contributed by atoms with Gasteiger partial charge in [0, 0.05) is 6.07 Å². The predicted octanol–water partition coefficient (Wildman–Crippen LogP) is 3.34. The summed E-state index contributed by atoms with van der Waals surface area (Å²) in [6.45, 7) is 0.120. The van der Waals surface area contributed by atoms with Crippen LogP contribution in [-0.2, 0) is 0 Å². The lowest BCUT2D eigenvalue weighted by atomic mass is 10.1. The Bertz CT molecular complexity index is 512. The van der Waals surface area contributed by atoms with Gasteiger partial charge in [0.2, 0.25) is 0 Å². The maximum atomic E-state index is 12.9. The van der Waals surface area contributed by atoms with Crippen molar-refractivity contribution in [1.29, 1.82) is 0 Å². The van der Waals surface area contributed by atoms with Crippen molar-refractivity contribution < 1.29 is 18.7 Å². The smallest absolute Gasteiger partial charge is 0.169 e. The summed E-state index contributed by atoms with van der Waals surface area (Å²) in [4.78, 5) is 0. The van der Waals surface area contributed by atoms with E-state index in [2.05, 4.69) is 15.9 Å². The normalized spacial score (nSPS) is 12.4. The van der Waals surface area contributed by atoms with E-state index in [0.29, 0.717) is 16.2 Å². The predicted molar refractivity (Wildman–Crippen MR) is 68.1 cm³/mol. The molecule has 1 aromatic heterocycles. The molecule has 0 spiro atoms. The highest BCUT2D eigenvalue weighted by Crippen LogP contribution is 2.23. The average Bonchev–Trinajstić information content (AvgIpc) is 2.77. The van der Waals surface area contributed by atoms with Crippen LogP contribution in [0.15, 0.2) is 45.5 Å². The minimum absolute atomic E-state index is 0.102. The Morgan fingerprint density at radius 2 is 2.17 bits per heavy atom. The molecule has 0 saturated carbocycles. The van der Waals surface area contributed by atoms with E-state index in [1.807, 2.05) is 0 Å². The molecule has 5 heteroatoms. The molecule has 0 aliphatic heterocycles. The first-order valence-electron chi connectivity index (χ1n) is 5.43. The average molecular weight is 315 g/mol. The third kappa shape index (κ3) is 3.34. The minimum Gasteiger partial charge on any atom is -0.493 e. The molecule has 1 N–H and O–H groups in total. The molecule has 3 nitrogen and oxygen atoms in total. The SMILES string of the molecule is OCC(COc1cccc(F)c1)c1ccc(Br)o1. The van der Waals surface area contributed by atoms with Gasteiger partial charge in [-0.15, -0.1) is 0 Å². The van der Waals surface area contributed by atoms with Gasteiger partial charge in [-0.25, -0.2) is 4.39 Å². The van der Waals surface area contributed by atoms with Gasteiger partial charge in [-0.3, -0.25) is 0 Å². The van der Waals surface area contributed by atoms with Crippen molar-refractivity contribution in [3.8, 4) is 5.75 Å². The number of aliphatic hydroxyl groups is 1. The Labute approximate surface area is 112 Å². The lowest BCUT2D eigenvalue weighted by Crippen LogP contribution is -2.13. The third-order valence-electron chi connectivity index (χ3n) is 2.46. The molecule has 96 valence electrons. The van der Waals surface area contributed by atoms with E-state index in [9.17, 15) is 9.50 Å². The van der Waals surface area contributed by atoms with Crippen LogP contribution in [0.4, 0.5) is 4.39 Å². The Balaban J connectivity index is 1.99. The molecular formula is C13H12BrFO3. The van der Waals surface area contributed by atoms with Gasteiger partial charge < -0.3 is 14.3 Å². The summed E-state index contributed by atoms with van der Waals surface area (Å²) in [5, 5.41) is 9.29. The van der Waals surface area contributed by atoms with Crippen LogP contribution in [0.2, 0.25) is 0 Å². The summed E-state index contributed by atoms with van der Waals surface area (Å²) in [6, 6.07) is 9.39. The third-order valence-corrected chi connectivity index (χ3v) is 2.89. The largest absolute Gasteiger partial charge is 0.493 e. The number of furan rings is 1. The summed E-state index contributed by atoms with van der Waals surface area (Å²) >= 11 is 3.20. The monoisotopic (exact) mass is 314 g/mol. The molecule has 2 aromatic rings. The van der Waals surface area contributed by atoms with E-state index < -0.39 is 0 Å². The van der Waals surface area contributed by atoms with Gasteiger partial charge in [0.05, 0.1) is 12.5 Å². The van der Waals surface area contributed by atoms with Gasteiger partial charge in [0.1, 0.15) is 23.9 Å². The molecule has 0 saturated heterocycles. The standard InChI is InChI=1S/C13H12BrFO3/c14-13-5-4-12(18-13)9(7-16)8-17-11-3-1-2-10(15)6-11/h1-6,9,16H,7-8H2. The number of ether oxygens (including phenoxy) is 1. The van der Waals surface area contributed by atoms with Crippen LogP contribution in [0.1, 0.15) is 11.7 Å². The minimum atomic E-state index is -0.353. The zero-order chi connectivity index (χ0) is 13.0. The van der Waals surface area contributed by atoms with Crippen molar-refractivity contribution in [2.45, 2.75) is 5.92 Å². The lowest BCUT2D eigenvalue weighted by Gasteiger charge is -2.13. The summed E-state index contributed by atoms with van der Waals surface area (Å²) < 4.78 is 24.3. The molecule has 0 radical (unpaired) electrons. The van der Waals surface area contributed by atoms with Crippen LogP contribution in [0, 0.1) is 5.82 Å². The van der Waals surface area contributed by atoms with Crippen LogP contribution >= 0.6 is 15.9 Å². The van der Waals surface area contributed by atoms with E-state index in [4.69, 9.17) is 9.15 Å². The van der Waals surface area contributed by atoms with Crippen molar-refractivity contribution in [3.05, 3.63) is 52.6 Å². The van der Waals surface area contributed by atoms with Crippen LogP contribution < -0.4 is 4.74 Å². The van der Waals surface area contributed by atoms with E-state index in [1.54, 1.807) is 24.3 Å². The lowest BCUT2D eigenvalue weighted by molar-refractivity contribution is 0.189. The van der Waals surface area contributed by atoms with Gasteiger partial charge in [0.25, 0.3) is 0 Å². The Hall–Kier alpha value is -1.33. The number of hydrogen-bond acceptors (Lipinski definition) is 3. The van der Waals surface area contributed by atoms with E-state index in [0.717, 1.165) is 0 Å². The van der Waals surface area contributed by atoms with E-state index in [-0.39, 0.29) is 24.9 Å². The van der Waals surface area contributed by atoms with Gasteiger partial charge in [-0.1, -0.05) is 6.07 Å². The molecule has 0 aliphatic rings. The molecule has 0 amide bonds. The maximum absolute atomic E-state index is 12.9. The van der Waals surface area contributed by atoms with Crippen molar-refractivity contribution in [2.75, 3.05) is 13.2 Å². The second-order valence-corrected chi connectivity index (χ2v) is 4.57. The second-order valence-electron chi connectivity index (χ2n) is 3.79. The number of rotatable bonds is 5. The van der Waals surface area contributed by atoms with Crippen molar-refractivity contribution >= 4 is 15.9 Å². The fraction of sp³-hybridized carbons (Fsp3) is 0.231. The van der Waals surface area contributed by atoms with Crippen molar-refractivity contribution in [1.82, 2.24) is 0 Å². The Kier molecular flexibility index (Phi) is 4.38. The first-order chi connectivity index (χ1) is 8.69. The molecule has 1 heterocycles. The number of hydrogen-bond donors (Lipinski definition) is 1. The van der Waals surface area contributed by atoms with Crippen LogP contribution in [0.25, 0.3) is 0 Å². The zero-order valence-electron chi connectivity index (χ0n) is 9.48. The van der Waals surface area contributed by atoms with Crippen molar-refractivity contribution in [3.63, 3.8) is 0 Å². The molecule has 2 rings (SSSR count). The molecule has 0 fully saturated rings. The van der Waals surface area contributed by atoms with Crippen LogP contribution in [0.3, 0.4) is 0 Å². The first kappa shape index (κ1) is 13.1. The summed E-state index contributed by atoms with van der Waals surface area (Å²) in [5.74, 6) is 0.424. The Morgan fingerprint density at radius 1 is 1.33 bits per heavy atom. The van der Waals surface area contributed by atoms with Crippen LogP contribution in [-0.4, -0.2) is 18.3 Å². The maximum Gasteiger partial charge on any atom is 0.169 e. The van der Waals surface area contributed by atoms with Gasteiger partial charge in [0.15, 0.2) is 4.67 Å². The molecule has 0 bridgehead atoms. The first-order valence-corrected chi connectivity index (χ1v) is 6.23. The summed E-state index contributed by atoms with van der Waals surface area (Å²) in [7, 11) is 0. The summed E-state index contributed by atoms with van der Waals surface area (Å²) in [6.07, 6.45) is 0. The zero-order valence-corrected chi connectivity index (χ0v) is 11.1. The highest BCUT2D eigenvalue weighted by molar-refractivity contribution is 9.10. The van der Waals surface area contributed by atoms with E-state index >= 15 is 0 Å². The van der Waals surface area contributed by atoms with Gasteiger partial charge in [-0.05, 0) is 40.2 Å². The topological polar surface area (TPSA) is 42.6 Å². The van der Waals surface area contributed by atoms with Gasteiger partial charge >= 0.3 is 0 Å². The highest BCUT2D eigenvalue weighted by atomic mass is 79.9. The molecule has 1 atom stereocenters. The number of halogens is 2. The molecule has 1 aromatic carbocycles. The number of benzene rings is 1. The molecular weight excluding hydrogens is 303 g/mol. The highest BCUT2D eigenvalue weighted by Gasteiger charge is 2.15. The van der Waals surface area contributed by atoms with Gasteiger partial charge in [-0.2, -0.15) is 0 Å². The fourth-order valence-corrected chi connectivity index (χ4v) is 1.85. The molecule has 18 heavy (non-hydrogen) atoms. The Morgan fingerprint density at radius 3 is 2.78 bits per heavy atom. The molecule has 0 aliphatic carbocycles. The quantitative estimate of drug-likeness (QED) is 0.920. The second kappa shape index (κ2) is 6.02. The van der Waals surface area contributed by atoms with Crippen molar-refractivity contribution in [2.24, 2.45) is 0 Å². The van der Waals surface area contributed by atoms with E-state index in [1.165, 1.54) is 12.1 Å². The fourth-order valence-electron chi connectivity index (χ4n) is 1.53. The number of aliphatic hydroxyl groups excluding tert-OH is 1.